The van der Waals surface area contributed by atoms with E-state index in [0.717, 1.165) is 5.69 Å². The maximum absolute atomic E-state index is 13.5. The molecule has 1 aromatic carbocycles. The lowest BCUT2D eigenvalue weighted by Crippen LogP contribution is -2.08. The van der Waals surface area contributed by atoms with Crippen LogP contribution in [0.2, 0.25) is 0 Å². The van der Waals surface area contributed by atoms with E-state index in [-0.39, 0.29) is 11.9 Å². The first-order valence-corrected chi connectivity index (χ1v) is 5.73. The summed E-state index contributed by atoms with van der Waals surface area (Å²) in [4.78, 5) is 0. The second-order valence-electron chi connectivity index (χ2n) is 4.42. The molecule has 0 fully saturated rings. The lowest BCUT2D eigenvalue weighted by atomic mass is 10.1. The van der Waals surface area contributed by atoms with Crippen LogP contribution in [0.5, 0.6) is 11.6 Å². The Morgan fingerprint density at radius 3 is 2.61 bits per heavy atom. The molecule has 1 atom stereocenters. The molecule has 0 saturated carbocycles. The number of nitrogens with zero attached hydrogens (tertiary/aromatic N) is 1. The molecule has 0 saturated heterocycles. The minimum absolute atomic E-state index is 0.284. The van der Waals surface area contributed by atoms with Crippen molar-refractivity contribution in [2.24, 2.45) is 5.73 Å². The van der Waals surface area contributed by atoms with Gasteiger partial charge in [-0.15, -0.1) is 5.10 Å². The Balaban J connectivity index is 2.39. The number of aromatic amines is 1. The van der Waals surface area contributed by atoms with Crippen LogP contribution in [0.4, 0.5) is 4.39 Å². The largest absolute Gasteiger partial charge is 0.437 e. The van der Waals surface area contributed by atoms with Gasteiger partial charge in [-0.25, -0.2) is 4.39 Å². The van der Waals surface area contributed by atoms with Crippen molar-refractivity contribution < 1.29 is 9.13 Å². The quantitative estimate of drug-likeness (QED) is 0.879. The van der Waals surface area contributed by atoms with Crippen molar-refractivity contribution in [2.75, 3.05) is 0 Å². The van der Waals surface area contributed by atoms with E-state index in [2.05, 4.69) is 10.2 Å². The number of benzene rings is 1. The second kappa shape index (κ2) is 4.78. The molecule has 0 aliphatic carbocycles. The van der Waals surface area contributed by atoms with Gasteiger partial charge in [0.25, 0.3) is 0 Å². The Morgan fingerprint density at radius 2 is 2.06 bits per heavy atom. The van der Waals surface area contributed by atoms with Crippen LogP contribution in [0, 0.1) is 19.7 Å². The molecule has 3 N–H and O–H groups in total. The molecule has 0 aliphatic rings. The summed E-state index contributed by atoms with van der Waals surface area (Å²) in [5, 5.41) is 6.77. The van der Waals surface area contributed by atoms with Crippen LogP contribution in [0.3, 0.4) is 0 Å². The maximum Gasteiger partial charge on any atom is 0.238 e. The Hall–Kier alpha value is -1.88. The van der Waals surface area contributed by atoms with E-state index in [9.17, 15) is 4.39 Å². The predicted octanol–water partition coefficient (Wildman–Crippen LogP) is 2.98. The van der Waals surface area contributed by atoms with Gasteiger partial charge in [0.15, 0.2) is 0 Å². The number of nitrogens with one attached hydrogen (secondary N) is 1. The zero-order valence-electron chi connectivity index (χ0n) is 10.6. The van der Waals surface area contributed by atoms with Crippen LogP contribution in [0.1, 0.15) is 29.8 Å². The molecule has 5 heteroatoms. The minimum atomic E-state index is -0.310. The molecule has 18 heavy (non-hydrogen) atoms. The first-order chi connectivity index (χ1) is 8.47. The van der Waals surface area contributed by atoms with Crippen LogP contribution >= 0.6 is 0 Å². The third-order valence-electron chi connectivity index (χ3n) is 2.68. The maximum atomic E-state index is 13.5. The number of nitrogens with two attached hydrogens (primary N) is 1. The zero-order valence-corrected chi connectivity index (χ0v) is 10.6. The number of ether oxygens (including phenoxy) is 1. The Morgan fingerprint density at radius 1 is 1.33 bits per heavy atom. The fraction of sp³-hybridized carbons (Fsp3) is 0.308. The highest BCUT2D eigenvalue weighted by Gasteiger charge is 2.13. The van der Waals surface area contributed by atoms with Crippen molar-refractivity contribution in [1.29, 1.82) is 0 Å². The van der Waals surface area contributed by atoms with E-state index in [1.807, 2.05) is 6.92 Å². The van der Waals surface area contributed by atoms with Crippen LogP contribution in [0.25, 0.3) is 0 Å². The summed E-state index contributed by atoms with van der Waals surface area (Å²) in [6.07, 6.45) is 0. The number of aryl methyl sites for hydroxylation is 2. The van der Waals surface area contributed by atoms with Gasteiger partial charge in [-0.1, -0.05) is 0 Å². The SMILES string of the molecule is Cc1cc(Oc2cc(C)c(F)cc2[C@H](C)N)n[nH]1. The van der Waals surface area contributed by atoms with Crippen molar-refractivity contribution in [2.45, 2.75) is 26.8 Å². The van der Waals surface area contributed by atoms with Gasteiger partial charge >= 0.3 is 0 Å². The third-order valence-corrected chi connectivity index (χ3v) is 2.68. The standard InChI is InChI=1S/C13H16FN3O/c1-7-4-12(10(9(3)15)6-11(7)14)18-13-5-8(2)16-17-13/h4-6,9H,15H2,1-3H3,(H,16,17)/t9-/m0/s1. The summed E-state index contributed by atoms with van der Waals surface area (Å²) >= 11 is 0. The number of H-pyrrole nitrogens is 1. The average molecular weight is 249 g/mol. The van der Waals surface area contributed by atoms with E-state index < -0.39 is 0 Å². The summed E-state index contributed by atoms with van der Waals surface area (Å²) in [5.74, 6) is 0.698. The minimum Gasteiger partial charge on any atom is -0.437 e. The smallest absolute Gasteiger partial charge is 0.238 e. The predicted molar refractivity (Wildman–Crippen MR) is 67.1 cm³/mol. The van der Waals surface area contributed by atoms with Gasteiger partial charge in [0, 0.05) is 23.4 Å². The number of hydrogen-bond donors (Lipinski definition) is 2. The molecule has 2 rings (SSSR count). The van der Waals surface area contributed by atoms with E-state index in [4.69, 9.17) is 10.5 Å². The summed E-state index contributed by atoms with van der Waals surface area (Å²) in [6.45, 7) is 5.35. The molecule has 4 nitrogen and oxygen atoms in total. The van der Waals surface area contributed by atoms with Gasteiger partial charge in [0.2, 0.25) is 5.88 Å². The van der Waals surface area contributed by atoms with E-state index in [1.54, 1.807) is 26.0 Å². The highest BCUT2D eigenvalue weighted by Crippen LogP contribution is 2.30. The van der Waals surface area contributed by atoms with Crippen LogP contribution in [0.15, 0.2) is 18.2 Å². The van der Waals surface area contributed by atoms with Gasteiger partial charge in [-0.05, 0) is 38.5 Å². The molecule has 0 spiro atoms. The average Bonchev–Trinajstić information content (AvgIpc) is 2.68. The molecule has 96 valence electrons. The van der Waals surface area contributed by atoms with Crippen molar-refractivity contribution in [1.82, 2.24) is 10.2 Å². The molecule has 0 unspecified atom stereocenters. The number of halogens is 1. The fourth-order valence-electron chi connectivity index (χ4n) is 1.67. The van der Waals surface area contributed by atoms with Gasteiger partial charge in [-0.3, -0.25) is 5.10 Å². The molecule has 1 aromatic heterocycles. The molecular weight excluding hydrogens is 233 g/mol. The van der Waals surface area contributed by atoms with Crippen LogP contribution in [-0.4, -0.2) is 10.2 Å². The number of aromatic nitrogens is 2. The molecule has 0 bridgehead atoms. The molecule has 0 radical (unpaired) electrons. The first kappa shape index (κ1) is 12.6. The highest BCUT2D eigenvalue weighted by molar-refractivity contribution is 5.41. The van der Waals surface area contributed by atoms with Gasteiger partial charge in [0.1, 0.15) is 11.6 Å². The number of hydrogen-bond acceptors (Lipinski definition) is 3. The Bertz CT molecular complexity index is 563. The van der Waals surface area contributed by atoms with E-state index in [0.29, 0.717) is 22.8 Å². The van der Waals surface area contributed by atoms with Crippen molar-refractivity contribution in [3.8, 4) is 11.6 Å². The normalized spacial score (nSPS) is 12.5. The summed E-state index contributed by atoms with van der Waals surface area (Å²) in [7, 11) is 0. The monoisotopic (exact) mass is 249 g/mol. The fourth-order valence-corrected chi connectivity index (χ4v) is 1.67. The van der Waals surface area contributed by atoms with E-state index >= 15 is 0 Å². The molecular formula is C13H16FN3O. The summed E-state index contributed by atoms with van der Waals surface area (Å²) in [6, 6.07) is 4.51. The Kier molecular flexibility index (Phi) is 3.34. The van der Waals surface area contributed by atoms with E-state index in [1.165, 1.54) is 6.07 Å². The van der Waals surface area contributed by atoms with Gasteiger partial charge < -0.3 is 10.5 Å². The van der Waals surface area contributed by atoms with Crippen LogP contribution < -0.4 is 10.5 Å². The molecule has 0 amide bonds. The van der Waals surface area contributed by atoms with Gasteiger partial charge in [-0.2, -0.15) is 0 Å². The topological polar surface area (TPSA) is 63.9 Å². The summed E-state index contributed by atoms with van der Waals surface area (Å²) < 4.78 is 19.2. The molecule has 1 heterocycles. The highest BCUT2D eigenvalue weighted by atomic mass is 19.1. The zero-order chi connectivity index (χ0) is 13.3. The number of rotatable bonds is 3. The first-order valence-electron chi connectivity index (χ1n) is 5.73. The Labute approximate surface area is 105 Å². The lowest BCUT2D eigenvalue weighted by Gasteiger charge is -2.13. The third kappa shape index (κ3) is 2.51. The molecule has 0 aliphatic heterocycles. The van der Waals surface area contributed by atoms with Crippen molar-refractivity contribution in [3.05, 3.63) is 40.8 Å². The van der Waals surface area contributed by atoms with Crippen LogP contribution in [-0.2, 0) is 0 Å². The van der Waals surface area contributed by atoms with Crippen molar-refractivity contribution >= 4 is 0 Å². The second-order valence-corrected chi connectivity index (χ2v) is 4.42. The summed E-state index contributed by atoms with van der Waals surface area (Å²) in [5.41, 5.74) is 7.85. The van der Waals surface area contributed by atoms with Crippen molar-refractivity contribution in [3.63, 3.8) is 0 Å². The molecule has 2 aromatic rings. The van der Waals surface area contributed by atoms with Gasteiger partial charge in [0.05, 0.1) is 0 Å². The lowest BCUT2D eigenvalue weighted by molar-refractivity contribution is 0.449.